The number of likely N-dealkylation sites (N-methyl/N-ethyl adjacent to an activating group) is 1. The Kier molecular flexibility index (Phi) is 5.79. The van der Waals surface area contributed by atoms with Gasteiger partial charge in [-0.3, -0.25) is 4.68 Å². The lowest BCUT2D eigenvalue weighted by atomic mass is 10.0. The highest BCUT2D eigenvalue weighted by molar-refractivity contribution is 4.90. The van der Waals surface area contributed by atoms with E-state index in [1.807, 2.05) is 4.68 Å². The number of aryl methyl sites for hydroxylation is 1. The summed E-state index contributed by atoms with van der Waals surface area (Å²) >= 11 is 0. The zero-order valence-electron chi connectivity index (χ0n) is 12.1. The first-order valence-electron chi connectivity index (χ1n) is 7.55. The summed E-state index contributed by atoms with van der Waals surface area (Å²) < 4.78 is 7.68. The highest BCUT2D eigenvalue weighted by Crippen LogP contribution is 2.18. The van der Waals surface area contributed by atoms with Crippen LogP contribution in [0.1, 0.15) is 45.4 Å². The summed E-state index contributed by atoms with van der Waals surface area (Å²) in [4.78, 5) is 4.37. The topological polar surface area (TPSA) is 52.0 Å². The third-order valence-electron chi connectivity index (χ3n) is 3.78. The molecule has 1 N–H and O–H groups in total. The van der Waals surface area contributed by atoms with E-state index in [0.29, 0.717) is 12.1 Å². The van der Waals surface area contributed by atoms with Crippen molar-refractivity contribution in [2.45, 2.75) is 64.6 Å². The fraction of sp³-hybridized carbons (Fsp3) is 0.857. The lowest BCUT2D eigenvalue weighted by Crippen LogP contribution is -2.33. The van der Waals surface area contributed by atoms with Gasteiger partial charge in [-0.1, -0.05) is 6.92 Å². The van der Waals surface area contributed by atoms with Crippen LogP contribution in [0.15, 0.2) is 6.33 Å². The van der Waals surface area contributed by atoms with Gasteiger partial charge in [-0.05, 0) is 39.2 Å². The van der Waals surface area contributed by atoms with E-state index in [1.165, 1.54) is 12.8 Å². The van der Waals surface area contributed by atoms with E-state index < -0.39 is 0 Å². The highest BCUT2D eigenvalue weighted by Gasteiger charge is 2.19. The van der Waals surface area contributed by atoms with E-state index in [2.05, 4.69) is 29.2 Å². The first-order chi connectivity index (χ1) is 9.33. The van der Waals surface area contributed by atoms with Gasteiger partial charge in [-0.2, -0.15) is 5.10 Å². The van der Waals surface area contributed by atoms with Crippen LogP contribution in [0.3, 0.4) is 0 Å². The maximum atomic E-state index is 5.70. The molecule has 0 aromatic carbocycles. The minimum absolute atomic E-state index is 0.476. The summed E-state index contributed by atoms with van der Waals surface area (Å²) in [6.07, 6.45) is 7.83. The fourth-order valence-corrected chi connectivity index (χ4v) is 2.75. The number of nitrogens with zero attached hydrogens (tertiary/aromatic N) is 3. The maximum absolute atomic E-state index is 5.70. The zero-order chi connectivity index (χ0) is 13.5. The van der Waals surface area contributed by atoms with Gasteiger partial charge in [0, 0.05) is 25.6 Å². The van der Waals surface area contributed by atoms with Crippen molar-refractivity contribution in [1.29, 1.82) is 0 Å². The van der Waals surface area contributed by atoms with Gasteiger partial charge in [0.2, 0.25) is 0 Å². The predicted molar refractivity (Wildman–Crippen MR) is 75.1 cm³/mol. The number of rotatable bonds is 8. The van der Waals surface area contributed by atoms with E-state index in [4.69, 9.17) is 4.74 Å². The minimum Gasteiger partial charge on any atom is -0.378 e. The van der Waals surface area contributed by atoms with Crippen LogP contribution in [0.5, 0.6) is 0 Å². The molecule has 1 aliphatic rings. The van der Waals surface area contributed by atoms with Crippen LogP contribution >= 0.6 is 0 Å². The van der Waals surface area contributed by atoms with E-state index in [-0.39, 0.29) is 0 Å². The molecule has 2 atom stereocenters. The summed E-state index contributed by atoms with van der Waals surface area (Å²) in [6.45, 7) is 7.09. The summed E-state index contributed by atoms with van der Waals surface area (Å²) in [5.74, 6) is 1.08. The maximum Gasteiger partial charge on any atom is 0.138 e. The molecule has 1 fully saturated rings. The standard InChI is InChI=1S/C14H26N4O/c1-3-15-12(7-8-13-6-5-9-19-13)10-14-16-11-17-18(14)4-2/h11-13,15H,3-10H2,1-2H3. The zero-order valence-corrected chi connectivity index (χ0v) is 12.1. The molecule has 1 aromatic rings. The Labute approximate surface area is 115 Å². The largest absolute Gasteiger partial charge is 0.378 e. The molecular formula is C14H26N4O. The lowest BCUT2D eigenvalue weighted by Gasteiger charge is -2.19. The number of aromatic nitrogens is 3. The molecule has 108 valence electrons. The lowest BCUT2D eigenvalue weighted by molar-refractivity contribution is 0.0995. The quantitative estimate of drug-likeness (QED) is 0.779. The molecule has 1 saturated heterocycles. The van der Waals surface area contributed by atoms with Gasteiger partial charge in [0.15, 0.2) is 0 Å². The van der Waals surface area contributed by atoms with Gasteiger partial charge < -0.3 is 10.1 Å². The van der Waals surface area contributed by atoms with Gasteiger partial charge in [0.05, 0.1) is 6.10 Å². The third-order valence-corrected chi connectivity index (χ3v) is 3.78. The molecule has 1 aromatic heterocycles. The van der Waals surface area contributed by atoms with Crippen LogP contribution in [0.25, 0.3) is 0 Å². The molecule has 0 aliphatic carbocycles. The molecule has 2 heterocycles. The van der Waals surface area contributed by atoms with Gasteiger partial charge in [-0.25, -0.2) is 4.98 Å². The first kappa shape index (κ1) is 14.5. The molecule has 0 spiro atoms. The average molecular weight is 266 g/mol. The SMILES string of the molecule is CCNC(CCC1CCCO1)Cc1ncnn1CC. The molecule has 2 unspecified atom stereocenters. The molecule has 0 saturated carbocycles. The normalized spacial score (nSPS) is 20.8. The second-order valence-corrected chi connectivity index (χ2v) is 5.16. The summed E-state index contributed by atoms with van der Waals surface area (Å²) in [5.41, 5.74) is 0. The monoisotopic (exact) mass is 266 g/mol. The molecule has 19 heavy (non-hydrogen) atoms. The molecule has 2 rings (SSSR count). The number of hydrogen-bond donors (Lipinski definition) is 1. The Morgan fingerprint density at radius 3 is 3.11 bits per heavy atom. The molecule has 0 bridgehead atoms. The molecule has 1 aliphatic heterocycles. The van der Waals surface area contributed by atoms with Gasteiger partial charge >= 0.3 is 0 Å². The molecule has 5 heteroatoms. The van der Waals surface area contributed by atoms with Crippen LogP contribution in [-0.2, 0) is 17.7 Å². The number of hydrogen-bond acceptors (Lipinski definition) is 4. The highest BCUT2D eigenvalue weighted by atomic mass is 16.5. The van der Waals surface area contributed by atoms with Crippen LogP contribution in [0.4, 0.5) is 0 Å². The Bertz CT molecular complexity index is 360. The van der Waals surface area contributed by atoms with Gasteiger partial charge in [0.1, 0.15) is 12.2 Å². The van der Waals surface area contributed by atoms with E-state index >= 15 is 0 Å². The van der Waals surface area contributed by atoms with Gasteiger partial charge in [0.25, 0.3) is 0 Å². The van der Waals surface area contributed by atoms with Crippen LogP contribution in [-0.4, -0.2) is 40.1 Å². The van der Waals surface area contributed by atoms with Crippen molar-refractivity contribution in [2.75, 3.05) is 13.2 Å². The van der Waals surface area contributed by atoms with Crippen molar-refractivity contribution in [1.82, 2.24) is 20.1 Å². The summed E-state index contributed by atoms with van der Waals surface area (Å²) in [7, 11) is 0. The van der Waals surface area contributed by atoms with Crippen LogP contribution < -0.4 is 5.32 Å². The number of nitrogens with one attached hydrogen (secondary N) is 1. The average Bonchev–Trinajstić information content (AvgIpc) is 3.07. The Morgan fingerprint density at radius 1 is 1.53 bits per heavy atom. The second kappa shape index (κ2) is 7.60. The number of ether oxygens (including phenoxy) is 1. The smallest absolute Gasteiger partial charge is 0.138 e. The van der Waals surface area contributed by atoms with Crippen molar-refractivity contribution in [3.05, 3.63) is 12.2 Å². The molecular weight excluding hydrogens is 240 g/mol. The minimum atomic E-state index is 0.476. The Hall–Kier alpha value is -0.940. The van der Waals surface area contributed by atoms with Crippen LogP contribution in [0, 0.1) is 0 Å². The van der Waals surface area contributed by atoms with E-state index in [0.717, 1.165) is 44.8 Å². The van der Waals surface area contributed by atoms with Crippen molar-refractivity contribution in [3.63, 3.8) is 0 Å². The van der Waals surface area contributed by atoms with E-state index in [9.17, 15) is 0 Å². The van der Waals surface area contributed by atoms with Crippen molar-refractivity contribution in [3.8, 4) is 0 Å². The Morgan fingerprint density at radius 2 is 2.42 bits per heavy atom. The van der Waals surface area contributed by atoms with Crippen molar-refractivity contribution < 1.29 is 4.74 Å². The first-order valence-corrected chi connectivity index (χ1v) is 7.55. The van der Waals surface area contributed by atoms with Crippen LogP contribution in [0.2, 0.25) is 0 Å². The third kappa shape index (κ3) is 4.28. The summed E-state index contributed by atoms with van der Waals surface area (Å²) in [5, 5.41) is 7.80. The molecule has 5 nitrogen and oxygen atoms in total. The Balaban J connectivity index is 1.84. The van der Waals surface area contributed by atoms with Crippen molar-refractivity contribution >= 4 is 0 Å². The van der Waals surface area contributed by atoms with Gasteiger partial charge in [-0.15, -0.1) is 0 Å². The second-order valence-electron chi connectivity index (χ2n) is 5.16. The molecule has 0 radical (unpaired) electrons. The predicted octanol–water partition coefficient (Wildman–Crippen LogP) is 1.78. The van der Waals surface area contributed by atoms with E-state index in [1.54, 1.807) is 6.33 Å². The molecule has 0 amide bonds. The van der Waals surface area contributed by atoms with Crippen molar-refractivity contribution in [2.24, 2.45) is 0 Å². The fourth-order valence-electron chi connectivity index (χ4n) is 2.75. The summed E-state index contributed by atoms with van der Waals surface area (Å²) in [6, 6.07) is 0.476.